The second-order valence-electron chi connectivity index (χ2n) is 4.16. The molecule has 0 N–H and O–H groups in total. The van der Waals surface area contributed by atoms with Crippen LogP contribution in [0.4, 0.5) is 22.0 Å². The minimum absolute atomic E-state index is 0.179. The van der Waals surface area contributed by atoms with Crippen LogP contribution >= 0.6 is 0 Å². The third kappa shape index (κ3) is 5.55. The fourth-order valence-electron chi connectivity index (χ4n) is 1.53. The van der Waals surface area contributed by atoms with Crippen molar-refractivity contribution in [3.63, 3.8) is 0 Å². The summed E-state index contributed by atoms with van der Waals surface area (Å²) in [6, 6.07) is 9.55. The maximum Gasteiger partial charge on any atom is 0.482 e. The number of rotatable bonds is 7. The first-order valence-corrected chi connectivity index (χ1v) is 5.95. The molecule has 6 heteroatoms. The monoisotopic (exact) mass is 282 g/mol. The average molecular weight is 282 g/mol. The maximum atomic E-state index is 12.4. The lowest BCUT2D eigenvalue weighted by molar-refractivity contribution is -0.391. The highest BCUT2D eigenvalue weighted by atomic mass is 19.4. The molecule has 0 bridgehead atoms. The average Bonchev–Trinajstić information content (AvgIpc) is 2.33. The Balaban J connectivity index is 2.12. The van der Waals surface area contributed by atoms with Gasteiger partial charge in [-0.05, 0) is 24.8 Å². The molecule has 0 spiro atoms. The Morgan fingerprint density at radius 2 is 1.47 bits per heavy atom. The van der Waals surface area contributed by atoms with Crippen molar-refractivity contribution in [2.45, 2.75) is 38.0 Å². The van der Waals surface area contributed by atoms with Crippen molar-refractivity contribution in [2.75, 3.05) is 6.61 Å². The highest BCUT2D eigenvalue weighted by Crippen LogP contribution is 2.36. The number of halogens is 5. The molecule has 0 aliphatic carbocycles. The van der Waals surface area contributed by atoms with Gasteiger partial charge in [0.05, 0.1) is 6.61 Å². The number of unbranched alkanes of at least 4 members (excludes halogenated alkanes) is 2. The fourth-order valence-corrected chi connectivity index (χ4v) is 1.53. The smallest absolute Gasteiger partial charge is 0.313 e. The van der Waals surface area contributed by atoms with Gasteiger partial charge in [0.1, 0.15) is 0 Å². The molecule has 0 aliphatic heterocycles. The van der Waals surface area contributed by atoms with Gasteiger partial charge in [-0.25, -0.2) is 0 Å². The lowest BCUT2D eigenvalue weighted by Gasteiger charge is -2.19. The van der Waals surface area contributed by atoms with Crippen LogP contribution in [0.25, 0.3) is 0 Å². The van der Waals surface area contributed by atoms with E-state index in [4.69, 9.17) is 0 Å². The molecule has 0 aromatic heterocycles. The summed E-state index contributed by atoms with van der Waals surface area (Å²) in [5.74, 6) is 0. The predicted octanol–water partition coefficient (Wildman–Crippen LogP) is 4.57. The van der Waals surface area contributed by atoms with Gasteiger partial charge in [-0.15, -0.1) is 0 Å². The van der Waals surface area contributed by atoms with Gasteiger partial charge < -0.3 is 4.74 Å². The van der Waals surface area contributed by atoms with Crippen molar-refractivity contribution in [1.29, 1.82) is 0 Å². The van der Waals surface area contributed by atoms with Gasteiger partial charge in [0.25, 0.3) is 0 Å². The lowest BCUT2D eigenvalue weighted by Crippen LogP contribution is -2.39. The summed E-state index contributed by atoms with van der Waals surface area (Å²) in [6.07, 6.45) is -8.47. The van der Waals surface area contributed by atoms with Crippen molar-refractivity contribution >= 4 is 0 Å². The summed E-state index contributed by atoms with van der Waals surface area (Å²) in [4.78, 5) is 0. The minimum atomic E-state index is -5.64. The summed E-state index contributed by atoms with van der Waals surface area (Å²) in [6.45, 7) is -0.596. The molecule has 0 unspecified atom stereocenters. The molecule has 1 nitrogen and oxygen atoms in total. The highest BCUT2D eigenvalue weighted by Gasteiger charge is 2.59. The van der Waals surface area contributed by atoms with Gasteiger partial charge >= 0.3 is 12.3 Å². The quantitative estimate of drug-likeness (QED) is 0.526. The van der Waals surface area contributed by atoms with Crippen LogP contribution in [-0.2, 0) is 11.2 Å². The van der Waals surface area contributed by atoms with E-state index >= 15 is 0 Å². The van der Waals surface area contributed by atoms with Gasteiger partial charge in [-0.3, -0.25) is 0 Å². The first kappa shape index (κ1) is 15.9. The molecule has 108 valence electrons. The van der Waals surface area contributed by atoms with E-state index in [1.165, 1.54) is 0 Å². The van der Waals surface area contributed by atoms with E-state index in [0.717, 1.165) is 18.4 Å². The molecule has 0 fully saturated rings. The van der Waals surface area contributed by atoms with Gasteiger partial charge in [0, 0.05) is 0 Å². The second kappa shape index (κ2) is 6.84. The summed E-state index contributed by atoms with van der Waals surface area (Å²) >= 11 is 0. The maximum absolute atomic E-state index is 12.4. The van der Waals surface area contributed by atoms with E-state index in [0.29, 0.717) is 6.42 Å². The van der Waals surface area contributed by atoms with Crippen LogP contribution in [0.2, 0.25) is 0 Å². The van der Waals surface area contributed by atoms with E-state index in [-0.39, 0.29) is 6.42 Å². The van der Waals surface area contributed by atoms with Crippen LogP contribution in [0.5, 0.6) is 0 Å². The van der Waals surface area contributed by atoms with Crippen molar-refractivity contribution in [2.24, 2.45) is 0 Å². The molecule has 0 saturated carbocycles. The van der Waals surface area contributed by atoms with E-state index in [2.05, 4.69) is 4.74 Å². The molecule has 1 aromatic carbocycles. The van der Waals surface area contributed by atoms with Gasteiger partial charge in [-0.1, -0.05) is 36.8 Å². The van der Waals surface area contributed by atoms with Crippen molar-refractivity contribution in [1.82, 2.24) is 0 Å². The predicted molar refractivity (Wildman–Crippen MR) is 61.0 cm³/mol. The van der Waals surface area contributed by atoms with E-state index < -0.39 is 18.9 Å². The molecule has 0 radical (unpaired) electrons. The SMILES string of the molecule is FC(F)(F)C(F)(F)OCCCCCc1ccccc1. The molecular formula is C13H15F5O. The highest BCUT2D eigenvalue weighted by molar-refractivity contribution is 5.14. The van der Waals surface area contributed by atoms with Crippen LogP contribution in [-0.4, -0.2) is 18.9 Å². The van der Waals surface area contributed by atoms with Crippen molar-refractivity contribution in [3.05, 3.63) is 35.9 Å². The number of hydrogen-bond donors (Lipinski definition) is 0. The number of hydrogen-bond acceptors (Lipinski definition) is 1. The van der Waals surface area contributed by atoms with Gasteiger partial charge in [-0.2, -0.15) is 22.0 Å². The van der Waals surface area contributed by atoms with Gasteiger partial charge in [0.2, 0.25) is 0 Å². The largest absolute Gasteiger partial charge is 0.482 e. The van der Waals surface area contributed by atoms with Gasteiger partial charge in [0.15, 0.2) is 0 Å². The van der Waals surface area contributed by atoms with Crippen LogP contribution in [0.1, 0.15) is 24.8 Å². The Kier molecular flexibility index (Phi) is 5.72. The zero-order chi connectivity index (χ0) is 14.4. The molecule has 19 heavy (non-hydrogen) atoms. The molecule has 0 atom stereocenters. The van der Waals surface area contributed by atoms with E-state index in [1.807, 2.05) is 30.3 Å². The Hall–Kier alpha value is -1.17. The summed E-state index contributed by atoms with van der Waals surface area (Å²) in [5.41, 5.74) is 1.11. The van der Waals surface area contributed by atoms with Crippen LogP contribution < -0.4 is 0 Å². The molecule has 0 aliphatic rings. The van der Waals surface area contributed by atoms with Crippen molar-refractivity contribution in [3.8, 4) is 0 Å². The second-order valence-corrected chi connectivity index (χ2v) is 4.16. The Bertz CT molecular complexity index is 361. The summed E-state index contributed by atoms with van der Waals surface area (Å²) in [5, 5.41) is 0. The van der Waals surface area contributed by atoms with Crippen molar-refractivity contribution < 1.29 is 26.7 Å². The normalized spacial score (nSPS) is 12.7. The molecule has 1 rings (SSSR count). The number of benzene rings is 1. The minimum Gasteiger partial charge on any atom is -0.313 e. The Morgan fingerprint density at radius 1 is 0.842 bits per heavy atom. The summed E-state index contributed by atoms with van der Waals surface area (Å²) < 4.78 is 63.6. The van der Waals surface area contributed by atoms with Crippen LogP contribution in [0.15, 0.2) is 30.3 Å². The lowest BCUT2D eigenvalue weighted by atomic mass is 10.1. The topological polar surface area (TPSA) is 9.23 Å². The van der Waals surface area contributed by atoms with E-state index in [1.54, 1.807) is 0 Å². The number of alkyl halides is 5. The number of aryl methyl sites for hydroxylation is 1. The zero-order valence-corrected chi connectivity index (χ0v) is 10.2. The van der Waals surface area contributed by atoms with Crippen LogP contribution in [0.3, 0.4) is 0 Å². The Labute approximate surface area is 108 Å². The molecule has 0 amide bonds. The first-order valence-electron chi connectivity index (χ1n) is 5.95. The third-order valence-corrected chi connectivity index (χ3v) is 2.57. The molecular weight excluding hydrogens is 267 g/mol. The zero-order valence-electron chi connectivity index (χ0n) is 10.2. The number of ether oxygens (including phenoxy) is 1. The molecule has 0 heterocycles. The third-order valence-electron chi connectivity index (χ3n) is 2.57. The molecule has 1 aromatic rings. The fraction of sp³-hybridized carbons (Fsp3) is 0.538. The standard InChI is InChI=1S/C13H15F5O/c14-12(15,16)13(17,18)19-10-6-2-5-9-11-7-3-1-4-8-11/h1,3-4,7-8H,2,5-6,9-10H2. The first-order chi connectivity index (χ1) is 8.83. The Morgan fingerprint density at radius 3 is 2.05 bits per heavy atom. The molecule has 0 saturated heterocycles. The van der Waals surface area contributed by atoms with E-state index in [9.17, 15) is 22.0 Å². The summed E-state index contributed by atoms with van der Waals surface area (Å²) in [7, 11) is 0. The van der Waals surface area contributed by atoms with Crippen LogP contribution in [0, 0.1) is 0 Å².